The van der Waals surface area contributed by atoms with E-state index < -0.39 is 0 Å². The first-order valence-electron chi connectivity index (χ1n) is 13.3. The van der Waals surface area contributed by atoms with E-state index in [0.717, 1.165) is 68.3 Å². The Bertz CT molecular complexity index is 1050. The number of benzene rings is 2. The summed E-state index contributed by atoms with van der Waals surface area (Å²) in [6.45, 7) is 6.11. The summed E-state index contributed by atoms with van der Waals surface area (Å²) < 4.78 is 5.21. The highest BCUT2D eigenvalue weighted by Crippen LogP contribution is 2.26. The average molecular weight is 527 g/mol. The van der Waals surface area contributed by atoms with Crippen LogP contribution in [0, 0.1) is 5.92 Å². The fourth-order valence-corrected chi connectivity index (χ4v) is 5.54. The van der Waals surface area contributed by atoms with E-state index in [4.69, 9.17) is 16.3 Å². The van der Waals surface area contributed by atoms with Gasteiger partial charge in [0.05, 0.1) is 5.92 Å². The molecule has 1 saturated heterocycles. The van der Waals surface area contributed by atoms with E-state index in [-0.39, 0.29) is 24.3 Å². The Hall–Kier alpha value is -2.45. The van der Waals surface area contributed by atoms with Crippen LogP contribution in [0.15, 0.2) is 48.5 Å². The first kappa shape index (κ1) is 27.6. The van der Waals surface area contributed by atoms with Crippen molar-refractivity contribution in [2.75, 3.05) is 64.9 Å². The molecule has 4 rings (SSSR count). The monoisotopic (exact) mass is 526 g/mol. The summed E-state index contributed by atoms with van der Waals surface area (Å²) in [6.07, 6.45) is 2.64. The molecule has 7 nitrogen and oxygen atoms in total. The maximum absolute atomic E-state index is 13.7. The number of halogens is 1. The molecule has 0 aliphatic carbocycles. The number of para-hydroxylation sites is 1. The van der Waals surface area contributed by atoms with Crippen molar-refractivity contribution in [1.29, 1.82) is 0 Å². The molecule has 200 valence electrons. The van der Waals surface area contributed by atoms with Gasteiger partial charge in [0.1, 0.15) is 6.61 Å². The Labute approximate surface area is 225 Å². The fourth-order valence-electron chi connectivity index (χ4n) is 5.41. The number of hydrogen-bond donors (Lipinski definition) is 0. The molecule has 2 aromatic rings. The Kier molecular flexibility index (Phi) is 9.97. The largest absolute Gasteiger partial charge is 0.375 e. The SMILES string of the molecule is COCC(=O)N1CCCN(Cc2ccc(Cl)cc2)CCCN(C(=O)C2CCN(C)C2)Cc2ccccc21. The number of carbonyl (C=O) groups is 2. The van der Waals surface area contributed by atoms with Gasteiger partial charge < -0.3 is 19.4 Å². The zero-order chi connectivity index (χ0) is 26.2. The molecular weight excluding hydrogens is 488 g/mol. The third kappa shape index (κ3) is 7.54. The van der Waals surface area contributed by atoms with Crippen LogP contribution >= 0.6 is 11.6 Å². The normalized spacial score (nSPS) is 20.2. The van der Waals surface area contributed by atoms with Crippen LogP contribution in [-0.4, -0.2) is 86.5 Å². The number of carbonyl (C=O) groups excluding carboxylic acids is 2. The van der Waals surface area contributed by atoms with E-state index >= 15 is 0 Å². The summed E-state index contributed by atoms with van der Waals surface area (Å²) in [5, 5.41) is 0.732. The lowest BCUT2D eigenvalue weighted by atomic mass is 10.0. The van der Waals surface area contributed by atoms with Crippen molar-refractivity contribution in [3.05, 3.63) is 64.7 Å². The molecule has 0 spiro atoms. The van der Waals surface area contributed by atoms with Crippen LogP contribution in [0.5, 0.6) is 0 Å². The first-order chi connectivity index (χ1) is 17.9. The van der Waals surface area contributed by atoms with Gasteiger partial charge in [0.25, 0.3) is 5.91 Å². The predicted octanol–water partition coefficient (Wildman–Crippen LogP) is 3.90. The summed E-state index contributed by atoms with van der Waals surface area (Å²) in [7, 11) is 3.63. The lowest BCUT2D eigenvalue weighted by molar-refractivity contribution is -0.135. The number of methoxy groups -OCH3 is 1. The summed E-state index contributed by atoms with van der Waals surface area (Å²) in [5.74, 6) is 0.184. The van der Waals surface area contributed by atoms with Gasteiger partial charge in [-0.3, -0.25) is 14.5 Å². The molecule has 0 saturated carbocycles. The maximum atomic E-state index is 13.7. The van der Waals surface area contributed by atoms with Gasteiger partial charge in [-0.15, -0.1) is 0 Å². The number of nitrogens with zero attached hydrogens (tertiary/aromatic N) is 4. The molecule has 0 N–H and O–H groups in total. The van der Waals surface area contributed by atoms with Gasteiger partial charge >= 0.3 is 0 Å². The van der Waals surface area contributed by atoms with Crippen molar-refractivity contribution < 1.29 is 14.3 Å². The van der Waals surface area contributed by atoms with E-state index in [0.29, 0.717) is 19.6 Å². The average Bonchev–Trinajstić information content (AvgIpc) is 3.32. The van der Waals surface area contributed by atoms with Gasteiger partial charge in [0.2, 0.25) is 5.91 Å². The van der Waals surface area contributed by atoms with Crippen molar-refractivity contribution in [2.45, 2.75) is 32.4 Å². The minimum atomic E-state index is -0.0634. The predicted molar refractivity (Wildman–Crippen MR) is 148 cm³/mol. The molecule has 2 aliphatic heterocycles. The van der Waals surface area contributed by atoms with Gasteiger partial charge in [-0.25, -0.2) is 0 Å². The van der Waals surface area contributed by atoms with E-state index in [1.807, 2.05) is 46.2 Å². The molecule has 0 aromatic heterocycles. The molecule has 8 heteroatoms. The molecule has 2 amide bonds. The summed E-state index contributed by atoms with van der Waals surface area (Å²) in [6, 6.07) is 16.0. The standard InChI is InChI=1S/C29H39ClN4O3/c1-31-18-13-25(20-31)29(36)33-16-5-14-32(19-23-9-11-26(30)12-10-23)15-6-17-34(28(35)22-37-2)27-8-4-3-7-24(27)21-33/h3-4,7-12,25H,5-6,13-22H2,1-2H3. The molecule has 1 atom stereocenters. The Morgan fingerprint density at radius 2 is 1.70 bits per heavy atom. The smallest absolute Gasteiger partial charge is 0.252 e. The Morgan fingerprint density at radius 1 is 0.973 bits per heavy atom. The molecule has 1 fully saturated rings. The van der Waals surface area contributed by atoms with Crippen molar-refractivity contribution >= 4 is 29.1 Å². The zero-order valence-electron chi connectivity index (χ0n) is 22.1. The van der Waals surface area contributed by atoms with Crippen LogP contribution in [0.1, 0.15) is 30.4 Å². The lowest BCUT2D eigenvalue weighted by Gasteiger charge is -2.32. The molecular formula is C29H39ClN4O3. The molecule has 0 bridgehead atoms. The highest BCUT2D eigenvalue weighted by atomic mass is 35.5. The van der Waals surface area contributed by atoms with Crippen LogP contribution in [-0.2, 0) is 27.4 Å². The van der Waals surface area contributed by atoms with Gasteiger partial charge in [-0.1, -0.05) is 41.9 Å². The number of likely N-dealkylation sites (tertiary alicyclic amines) is 1. The van der Waals surface area contributed by atoms with Crippen molar-refractivity contribution in [3.8, 4) is 0 Å². The van der Waals surface area contributed by atoms with E-state index in [1.165, 1.54) is 5.56 Å². The van der Waals surface area contributed by atoms with Crippen LogP contribution < -0.4 is 4.90 Å². The number of amides is 2. The maximum Gasteiger partial charge on any atom is 0.252 e. The van der Waals surface area contributed by atoms with Crippen molar-refractivity contribution in [3.63, 3.8) is 0 Å². The minimum absolute atomic E-state index is 0.0277. The third-order valence-corrected chi connectivity index (χ3v) is 7.59. The van der Waals surface area contributed by atoms with E-state index in [9.17, 15) is 9.59 Å². The van der Waals surface area contributed by atoms with Crippen molar-refractivity contribution in [2.24, 2.45) is 5.92 Å². The second-order valence-corrected chi connectivity index (χ2v) is 10.7. The first-order valence-corrected chi connectivity index (χ1v) is 13.6. The van der Waals surface area contributed by atoms with Gasteiger partial charge in [0, 0.05) is 63.6 Å². The van der Waals surface area contributed by atoms with Gasteiger partial charge in [0.15, 0.2) is 0 Å². The van der Waals surface area contributed by atoms with Crippen LogP contribution in [0.25, 0.3) is 0 Å². The van der Waals surface area contributed by atoms with Gasteiger partial charge in [-0.2, -0.15) is 0 Å². The summed E-state index contributed by atoms with van der Waals surface area (Å²) in [4.78, 5) is 35.3. The molecule has 37 heavy (non-hydrogen) atoms. The Balaban J connectivity index is 1.60. The third-order valence-electron chi connectivity index (χ3n) is 7.34. The number of hydrogen-bond acceptors (Lipinski definition) is 5. The van der Waals surface area contributed by atoms with E-state index in [2.05, 4.69) is 29.0 Å². The van der Waals surface area contributed by atoms with E-state index in [1.54, 1.807) is 7.11 Å². The van der Waals surface area contributed by atoms with Crippen LogP contribution in [0.4, 0.5) is 5.69 Å². The Morgan fingerprint density at radius 3 is 2.41 bits per heavy atom. The molecule has 2 heterocycles. The summed E-state index contributed by atoms with van der Waals surface area (Å²) in [5.41, 5.74) is 3.08. The number of ether oxygens (including phenoxy) is 1. The fraction of sp³-hybridized carbons (Fsp3) is 0.517. The highest BCUT2D eigenvalue weighted by Gasteiger charge is 2.31. The van der Waals surface area contributed by atoms with Crippen molar-refractivity contribution in [1.82, 2.24) is 14.7 Å². The molecule has 2 aliphatic rings. The summed E-state index contributed by atoms with van der Waals surface area (Å²) >= 11 is 6.09. The highest BCUT2D eigenvalue weighted by molar-refractivity contribution is 6.30. The topological polar surface area (TPSA) is 56.3 Å². The lowest BCUT2D eigenvalue weighted by Crippen LogP contribution is -2.41. The number of rotatable bonds is 5. The minimum Gasteiger partial charge on any atom is -0.375 e. The zero-order valence-corrected chi connectivity index (χ0v) is 22.8. The molecule has 1 unspecified atom stereocenters. The van der Waals surface area contributed by atoms with Crippen LogP contribution in [0.2, 0.25) is 5.02 Å². The molecule has 2 aromatic carbocycles. The van der Waals surface area contributed by atoms with Crippen LogP contribution in [0.3, 0.4) is 0 Å². The number of fused-ring (bicyclic) bond motifs is 1. The quantitative estimate of drug-likeness (QED) is 0.591. The number of anilines is 1. The second-order valence-electron chi connectivity index (χ2n) is 10.2. The molecule has 0 radical (unpaired) electrons. The second kappa shape index (κ2) is 13.4. The van der Waals surface area contributed by atoms with Gasteiger partial charge in [-0.05, 0) is 62.2 Å².